The Hall–Kier alpha value is -1.28. The zero-order valence-electron chi connectivity index (χ0n) is 10.4. The topological polar surface area (TPSA) is 70.5 Å². The number of aliphatic hydroxyl groups excluding tert-OH is 1. The summed E-state index contributed by atoms with van der Waals surface area (Å²) in [5.74, 6) is 0. The van der Waals surface area contributed by atoms with Crippen LogP contribution in [0.2, 0.25) is 0 Å². The van der Waals surface area contributed by atoms with Gasteiger partial charge in [0, 0.05) is 23.5 Å². The standard InChI is InChI=1S/C12H14N2O3S2/c1-14(7-10-4-2-3-5-13-10)19(16,17)12-6-11(8-15)18-9-12/h2-6,9,15H,7-8H2,1H3. The minimum absolute atomic E-state index is 0.149. The average Bonchev–Trinajstić information content (AvgIpc) is 2.89. The number of pyridine rings is 1. The van der Waals surface area contributed by atoms with Gasteiger partial charge in [-0.05, 0) is 18.2 Å². The van der Waals surface area contributed by atoms with Gasteiger partial charge >= 0.3 is 0 Å². The second-order valence-corrected chi connectivity index (χ2v) is 7.03. The lowest BCUT2D eigenvalue weighted by atomic mass is 10.3. The third-order valence-electron chi connectivity index (χ3n) is 2.60. The zero-order valence-corrected chi connectivity index (χ0v) is 12.0. The van der Waals surface area contributed by atoms with Crippen molar-refractivity contribution in [1.29, 1.82) is 0 Å². The van der Waals surface area contributed by atoms with Gasteiger partial charge in [0.15, 0.2) is 0 Å². The van der Waals surface area contributed by atoms with E-state index in [0.717, 1.165) is 0 Å². The zero-order chi connectivity index (χ0) is 13.9. The van der Waals surface area contributed by atoms with Gasteiger partial charge < -0.3 is 5.11 Å². The van der Waals surface area contributed by atoms with E-state index >= 15 is 0 Å². The van der Waals surface area contributed by atoms with Crippen molar-refractivity contribution in [1.82, 2.24) is 9.29 Å². The Morgan fingerprint density at radius 3 is 2.79 bits per heavy atom. The van der Waals surface area contributed by atoms with Gasteiger partial charge in [-0.2, -0.15) is 4.31 Å². The van der Waals surface area contributed by atoms with Crippen molar-refractivity contribution in [2.45, 2.75) is 18.0 Å². The van der Waals surface area contributed by atoms with E-state index in [1.54, 1.807) is 18.3 Å². The molecule has 0 fully saturated rings. The lowest BCUT2D eigenvalue weighted by Crippen LogP contribution is -2.26. The predicted octanol–water partition coefficient (Wildman–Crippen LogP) is 1.46. The summed E-state index contributed by atoms with van der Waals surface area (Å²) in [5.41, 5.74) is 0.686. The molecule has 0 bridgehead atoms. The molecule has 0 aliphatic carbocycles. The van der Waals surface area contributed by atoms with Gasteiger partial charge in [-0.25, -0.2) is 8.42 Å². The van der Waals surface area contributed by atoms with Crippen LogP contribution in [0.3, 0.4) is 0 Å². The molecule has 19 heavy (non-hydrogen) atoms. The number of hydrogen-bond donors (Lipinski definition) is 1. The summed E-state index contributed by atoms with van der Waals surface area (Å²) in [5, 5.41) is 10.5. The van der Waals surface area contributed by atoms with Crippen LogP contribution >= 0.6 is 11.3 Å². The van der Waals surface area contributed by atoms with Gasteiger partial charge in [-0.3, -0.25) is 4.98 Å². The van der Waals surface area contributed by atoms with Gasteiger partial charge in [0.1, 0.15) is 0 Å². The molecule has 102 valence electrons. The van der Waals surface area contributed by atoms with Gasteiger partial charge in [0.2, 0.25) is 10.0 Å². The first-order valence-corrected chi connectivity index (χ1v) is 7.90. The Morgan fingerprint density at radius 1 is 1.42 bits per heavy atom. The van der Waals surface area contributed by atoms with Crippen molar-refractivity contribution < 1.29 is 13.5 Å². The lowest BCUT2D eigenvalue weighted by molar-refractivity contribution is 0.285. The molecule has 5 nitrogen and oxygen atoms in total. The van der Waals surface area contributed by atoms with Gasteiger partial charge in [0.25, 0.3) is 0 Å². The van der Waals surface area contributed by atoms with E-state index in [9.17, 15) is 8.42 Å². The molecule has 2 heterocycles. The SMILES string of the molecule is CN(Cc1ccccn1)S(=O)(=O)c1csc(CO)c1. The van der Waals surface area contributed by atoms with Crippen LogP contribution in [-0.2, 0) is 23.2 Å². The summed E-state index contributed by atoms with van der Waals surface area (Å²) in [6, 6.07) is 6.87. The molecule has 2 aromatic rings. The maximum atomic E-state index is 12.3. The second-order valence-electron chi connectivity index (χ2n) is 3.99. The van der Waals surface area contributed by atoms with Crippen molar-refractivity contribution >= 4 is 21.4 Å². The van der Waals surface area contributed by atoms with E-state index in [-0.39, 0.29) is 18.0 Å². The van der Waals surface area contributed by atoms with Crippen molar-refractivity contribution in [3.63, 3.8) is 0 Å². The quantitative estimate of drug-likeness (QED) is 0.907. The van der Waals surface area contributed by atoms with Crippen LogP contribution in [0.5, 0.6) is 0 Å². The van der Waals surface area contributed by atoms with E-state index < -0.39 is 10.0 Å². The summed E-state index contributed by atoms with van der Waals surface area (Å²) in [6.07, 6.45) is 1.63. The highest BCUT2D eigenvalue weighted by molar-refractivity contribution is 7.89. The molecule has 1 N–H and O–H groups in total. The highest BCUT2D eigenvalue weighted by atomic mass is 32.2. The normalized spacial score (nSPS) is 11.9. The molecule has 0 saturated heterocycles. The lowest BCUT2D eigenvalue weighted by Gasteiger charge is -2.15. The van der Waals surface area contributed by atoms with Crippen LogP contribution in [-0.4, -0.2) is 29.9 Å². The van der Waals surface area contributed by atoms with E-state index in [1.807, 2.05) is 6.07 Å². The monoisotopic (exact) mass is 298 g/mol. The summed E-state index contributed by atoms with van der Waals surface area (Å²) in [4.78, 5) is 4.94. The number of aliphatic hydroxyl groups is 1. The van der Waals surface area contributed by atoms with Crippen LogP contribution in [0.4, 0.5) is 0 Å². The maximum absolute atomic E-state index is 12.3. The Morgan fingerprint density at radius 2 is 2.21 bits per heavy atom. The molecule has 0 unspecified atom stereocenters. The Kier molecular flexibility index (Phi) is 4.31. The highest BCUT2D eigenvalue weighted by Gasteiger charge is 2.22. The molecule has 0 amide bonds. The van der Waals surface area contributed by atoms with Crippen LogP contribution in [0.15, 0.2) is 40.7 Å². The molecule has 0 aromatic carbocycles. The van der Waals surface area contributed by atoms with Gasteiger partial charge in [0.05, 0.1) is 23.7 Å². The second kappa shape index (κ2) is 5.79. The average molecular weight is 298 g/mol. The fourth-order valence-electron chi connectivity index (χ4n) is 1.56. The molecule has 2 aromatic heterocycles. The van der Waals surface area contributed by atoms with E-state index in [1.165, 1.54) is 34.1 Å². The van der Waals surface area contributed by atoms with E-state index in [4.69, 9.17) is 5.11 Å². The molecule has 0 aliphatic rings. The van der Waals surface area contributed by atoms with Crippen molar-refractivity contribution in [3.8, 4) is 0 Å². The van der Waals surface area contributed by atoms with Crippen LogP contribution in [0.1, 0.15) is 10.6 Å². The van der Waals surface area contributed by atoms with Gasteiger partial charge in [-0.15, -0.1) is 11.3 Å². The number of thiophene rings is 1. The number of sulfonamides is 1. The Labute approximate surface area is 116 Å². The molecular formula is C12H14N2O3S2. The Balaban J connectivity index is 2.19. The van der Waals surface area contributed by atoms with Crippen LogP contribution in [0.25, 0.3) is 0 Å². The molecule has 0 saturated carbocycles. The number of rotatable bonds is 5. The molecule has 2 rings (SSSR count). The summed E-state index contributed by atoms with van der Waals surface area (Å²) < 4.78 is 25.8. The summed E-state index contributed by atoms with van der Waals surface area (Å²) >= 11 is 1.23. The fraction of sp³-hybridized carbons (Fsp3) is 0.250. The highest BCUT2D eigenvalue weighted by Crippen LogP contribution is 2.22. The summed E-state index contributed by atoms with van der Waals surface area (Å²) in [6.45, 7) is 0.0671. The molecule has 7 heteroatoms. The first kappa shape index (κ1) is 14.1. The number of hydrogen-bond acceptors (Lipinski definition) is 5. The van der Waals surface area contributed by atoms with Crippen LogP contribution < -0.4 is 0 Å². The molecule has 0 atom stereocenters. The minimum Gasteiger partial charge on any atom is -0.391 e. The molecule has 0 spiro atoms. The minimum atomic E-state index is -3.53. The third-order valence-corrected chi connectivity index (χ3v) is 5.46. The van der Waals surface area contributed by atoms with E-state index in [2.05, 4.69) is 4.98 Å². The fourth-order valence-corrected chi connectivity index (χ4v) is 3.83. The van der Waals surface area contributed by atoms with Crippen molar-refractivity contribution in [3.05, 3.63) is 46.4 Å². The third kappa shape index (κ3) is 3.19. The maximum Gasteiger partial charge on any atom is 0.244 e. The van der Waals surface area contributed by atoms with E-state index in [0.29, 0.717) is 10.6 Å². The van der Waals surface area contributed by atoms with Crippen molar-refractivity contribution in [2.75, 3.05) is 7.05 Å². The van der Waals surface area contributed by atoms with Gasteiger partial charge in [-0.1, -0.05) is 6.07 Å². The number of aromatic nitrogens is 1. The Bertz CT molecular complexity index is 638. The molecule has 0 aliphatic heterocycles. The predicted molar refractivity (Wildman–Crippen MR) is 73.1 cm³/mol. The molecular weight excluding hydrogens is 284 g/mol. The first-order chi connectivity index (χ1) is 9.04. The van der Waals surface area contributed by atoms with Crippen molar-refractivity contribution in [2.24, 2.45) is 0 Å². The summed E-state index contributed by atoms with van der Waals surface area (Å²) in [7, 11) is -2.02. The first-order valence-electron chi connectivity index (χ1n) is 5.58. The smallest absolute Gasteiger partial charge is 0.244 e. The van der Waals surface area contributed by atoms with Crippen LogP contribution in [0, 0.1) is 0 Å². The largest absolute Gasteiger partial charge is 0.391 e. The number of nitrogens with zero attached hydrogens (tertiary/aromatic N) is 2. The molecule has 0 radical (unpaired) electrons.